The van der Waals surface area contributed by atoms with Crippen LogP contribution in [-0.4, -0.2) is 44.0 Å². The molecule has 1 aliphatic rings. The number of rotatable bonds is 2. The molecule has 0 aromatic carbocycles. The van der Waals surface area contributed by atoms with Gasteiger partial charge < -0.3 is 10.0 Å². The zero-order valence-electron chi connectivity index (χ0n) is 10.8. The van der Waals surface area contributed by atoms with Gasteiger partial charge in [-0.25, -0.2) is 4.79 Å². The molecule has 114 valence electrons. The molecular formula is C12H11F3N2O3S. The van der Waals surface area contributed by atoms with Gasteiger partial charge in [-0.05, 0) is 19.1 Å². The monoisotopic (exact) mass is 320 g/mol. The van der Waals surface area contributed by atoms with Crippen molar-refractivity contribution in [2.75, 3.05) is 5.75 Å². The van der Waals surface area contributed by atoms with Gasteiger partial charge in [-0.2, -0.15) is 13.2 Å². The molecule has 0 aliphatic carbocycles. The molecule has 2 unspecified atom stereocenters. The highest BCUT2D eigenvalue weighted by atomic mass is 32.2. The van der Waals surface area contributed by atoms with E-state index in [1.165, 1.54) is 11.8 Å². The highest BCUT2D eigenvalue weighted by Gasteiger charge is 2.40. The van der Waals surface area contributed by atoms with Gasteiger partial charge >= 0.3 is 12.1 Å². The lowest BCUT2D eigenvalue weighted by atomic mass is 10.2. The third-order valence-electron chi connectivity index (χ3n) is 3.04. The first-order chi connectivity index (χ1) is 9.71. The van der Waals surface area contributed by atoms with E-state index < -0.39 is 29.8 Å². The Morgan fingerprint density at radius 1 is 1.43 bits per heavy atom. The van der Waals surface area contributed by atoms with E-state index in [9.17, 15) is 22.8 Å². The van der Waals surface area contributed by atoms with Crippen LogP contribution in [0.3, 0.4) is 0 Å². The van der Waals surface area contributed by atoms with Gasteiger partial charge in [0.25, 0.3) is 5.91 Å². The Hall–Kier alpha value is -1.77. The predicted octanol–water partition coefficient (Wildman–Crippen LogP) is 2.09. The molecule has 1 amide bonds. The number of carboxylic acid groups (broad SMARTS) is 1. The van der Waals surface area contributed by atoms with Crippen LogP contribution >= 0.6 is 11.8 Å². The van der Waals surface area contributed by atoms with Gasteiger partial charge in [0.2, 0.25) is 0 Å². The van der Waals surface area contributed by atoms with Crippen LogP contribution in [0.25, 0.3) is 0 Å². The first-order valence-electron chi connectivity index (χ1n) is 5.92. The van der Waals surface area contributed by atoms with Crippen LogP contribution in [-0.2, 0) is 11.0 Å². The zero-order valence-corrected chi connectivity index (χ0v) is 11.6. The van der Waals surface area contributed by atoms with E-state index in [2.05, 4.69) is 4.98 Å². The summed E-state index contributed by atoms with van der Waals surface area (Å²) in [5, 5.41) is 8.72. The molecule has 2 rings (SSSR count). The first kappa shape index (κ1) is 15.6. The summed E-state index contributed by atoms with van der Waals surface area (Å²) in [4.78, 5) is 27.7. The molecule has 1 aromatic rings. The fourth-order valence-corrected chi connectivity index (χ4v) is 3.15. The van der Waals surface area contributed by atoms with Gasteiger partial charge in [-0.3, -0.25) is 9.78 Å². The van der Waals surface area contributed by atoms with Gasteiger partial charge in [0, 0.05) is 11.9 Å². The van der Waals surface area contributed by atoms with E-state index in [0.717, 1.165) is 17.2 Å². The van der Waals surface area contributed by atoms with E-state index >= 15 is 0 Å². The van der Waals surface area contributed by atoms with Crippen molar-refractivity contribution >= 4 is 23.6 Å². The molecule has 21 heavy (non-hydrogen) atoms. The molecule has 1 saturated heterocycles. The van der Waals surface area contributed by atoms with E-state index in [4.69, 9.17) is 5.11 Å². The summed E-state index contributed by atoms with van der Waals surface area (Å²) < 4.78 is 37.2. The number of nitrogens with zero attached hydrogens (tertiary/aromatic N) is 2. The van der Waals surface area contributed by atoms with Crippen molar-refractivity contribution in [1.29, 1.82) is 0 Å². The summed E-state index contributed by atoms with van der Waals surface area (Å²) in [5.74, 6) is -1.53. The molecule has 0 saturated carbocycles. The lowest BCUT2D eigenvalue weighted by Gasteiger charge is -2.25. The number of aliphatic carboxylic acids is 1. The summed E-state index contributed by atoms with van der Waals surface area (Å²) in [5.41, 5.74) is -1.17. The number of alkyl halides is 3. The number of carboxylic acids is 1. The van der Waals surface area contributed by atoms with Gasteiger partial charge in [0.1, 0.15) is 11.7 Å². The van der Waals surface area contributed by atoms with Crippen molar-refractivity contribution in [2.45, 2.75) is 24.5 Å². The van der Waals surface area contributed by atoms with Crippen LogP contribution in [0.15, 0.2) is 18.3 Å². The van der Waals surface area contributed by atoms with Gasteiger partial charge in [-0.15, -0.1) is 11.8 Å². The maximum atomic E-state index is 12.4. The van der Waals surface area contributed by atoms with Crippen LogP contribution in [0.1, 0.15) is 23.0 Å². The molecule has 1 aromatic heterocycles. The second-order valence-electron chi connectivity index (χ2n) is 4.43. The van der Waals surface area contributed by atoms with Crippen LogP contribution in [0, 0.1) is 0 Å². The van der Waals surface area contributed by atoms with Gasteiger partial charge in [0.05, 0.1) is 10.9 Å². The van der Waals surface area contributed by atoms with Crippen molar-refractivity contribution < 1.29 is 27.9 Å². The fraction of sp³-hybridized carbons (Fsp3) is 0.417. The Morgan fingerprint density at radius 2 is 2.10 bits per heavy atom. The molecule has 5 nitrogen and oxygen atoms in total. The Morgan fingerprint density at radius 3 is 2.57 bits per heavy atom. The highest BCUT2D eigenvalue weighted by Crippen LogP contribution is 2.31. The number of amides is 1. The lowest BCUT2D eigenvalue weighted by molar-refractivity contribution is -0.141. The number of aromatic nitrogens is 1. The molecule has 0 spiro atoms. The molecule has 1 aliphatic heterocycles. The van der Waals surface area contributed by atoms with Crippen molar-refractivity contribution in [3.05, 3.63) is 29.6 Å². The Labute approximate surface area is 122 Å². The van der Waals surface area contributed by atoms with E-state index in [-0.39, 0.29) is 16.7 Å². The second-order valence-corrected chi connectivity index (χ2v) is 5.78. The summed E-state index contributed by atoms with van der Waals surface area (Å²) in [6.07, 6.45) is -3.76. The molecular weight excluding hydrogens is 309 g/mol. The van der Waals surface area contributed by atoms with Crippen LogP contribution in [0.4, 0.5) is 13.2 Å². The largest absolute Gasteiger partial charge is 0.480 e. The number of halogens is 3. The van der Waals surface area contributed by atoms with E-state index in [1.807, 2.05) is 0 Å². The maximum Gasteiger partial charge on any atom is 0.433 e. The smallest absolute Gasteiger partial charge is 0.433 e. The average molecular weight is 320 g/mol. The van der Waals surface area contributed by atoms with E-state index in [0.29, 0.717) is 6.07 Å². The Bertz CT molecular complexity index is 562. The quantitative estimate of drug-likeness (QED) is 0.903. The standard InChI is InChI=1S/C12H11F3N2O3S/c1-6-17(8(5-21-6)11(19)20)10(18)7-2-3-9(16-4-7)12(13,14)15/h2-4,6,8H,5H2,1H3,(H,19,20). The highest BCUT2D eigenvalue weighted by molar-refractivity contribution is 8.00. The van der Waals surface area contributed by atoms with Crippen molar-refractivity contribution in [3.63, 3.8) is 0 Å². The molecule has 1 fully saturated rings. The molecule has 0 radical (unpaired) electrons. The van der Waals surface area contributed by atoms with Crippen LogP contribution in [0.2, 0.25) is 0 Å². The zero-order chi connectivity index (χ0) is 15.8. The number of thioether (sulfide) groups is 1. The average Bonchev–Trinajstić information content (AvgIpc) is 2.79. The summed E-state index contributed by atoms with van der Waals surface area (Å²) in [6, 6.07) is 0.726. The van der Waals surface area contributed by atoms with E-state index in [1.54, 1.807) is 6.92 Å². The van der Waals surface area contributed by atoms with Crippen molar-refractivity contribution in [2.24, 2.45) is 0 Å². The van der Waals surface area contributed by atoms with Crippen LogP contribution < -0.4 is 0 Å². The minimum atomic E-state index is -4.58. The number of hydrogen-bond donors (Lipinski definition) is 1. The third-order valence-corrected chi connectivity index (χ3v) is 4.26. The number of carbonyl (C=O) groups excluding carboxylic acids is 1. The van der Waals surface area contributed by atoms with Crippen molar-refractivity contribution in [3.8, 4) is 0 Å². The fourth-order valence-electron chi connectivity index (χ4n) is 1.98. The molecule has 2 atom stereocenters. The topological polar surface area (TPSA) is 70.5 Å². The normalized spacial score (nSPS) is 22.4. The molecule has 0 bridgehead atoms. The van der Waals surface area contributed by atoms with Gasteiger partial charge in [-0.1, -0.05) is 0 Å². The SMILES string of the molecule is CC1SCC(C(=O)O)N1C(=O)c1ccc(C(F)(F)F)nc1. The Balaban J connectivity index is 2.25. The minimum Gasteiger partial charge on any atom is -0.480 e. The summed E-state index contributed by atoms with van der Waals surface area (Å²) in [7, 11) is 0. The third kappa shape index (κ3) is 3.12. The predicted molar refractivity (Wildman–Crippen MR) is 68.8 cm³/mol. The lowest BCUT2D eigenvalue weighted by Crippen LogP contribution is -2.44. The number of pyridine rings is 1. The number of carbonyl (C=O) groups is 2. The summed E-state index contributed by atoms with van der Waals surface area (Å²) in [6.45, 7) is 1.67. The molecule has 9 heteroatoms. The maximum absolute atomic E-state index is 12.4. The van der Waals surface area contributed by atoms with Gasteiger partial charge in [0.15, 0.2) is 0 Å². The molecule has 2 heterocycles. The minimum absolute atomic E-state index is 0.0661. The summed E-state index contributed by atoms with van der Waals surface area (Å²) >= 11 is 1.30. The Kier molecular flexibility index (Phi) is 4.13. The first-order valence-corrected chi connectivity index (χ1v) is 6.97. The number of hydrogen-bond acceptors (Lipinski definition) is 4. The van der Waals surface area contributed by atoms with Crippen LogP contribution in [0.5, 0.6) is 0 Å². The second kappa shape index (κ2) is 5.55. The van der Waals surface area contributed by atoms with Crippen molar-refractivity contribution in [1.82, 2.24) is 9.88 Å². The molecule has 1 N–H and O–H groups in total.